The minimum Gasteiger partial charge on any atom is -0.494 e. The number of halogens is 1. The molecule has 0 spiro atoms. The van der Waals surface area contributed by atoms with Crippen molar-refractivity contribution >= 4 is 5.78 Å². The molecule has 0 amide bonds. The van der Waals surface area contributed by atoms with Gasteiger partial charge in [-0.15, -0.1) is 0 Å². The summed E-state index contributed by atoms with van der Waals surface area (Å²) in [6.45, 7) is 2.18. The predicted molar refractivity (Wildman–Crippen MR) is 81.3 cm³/mol. The lowest BCUT2D eigenvalue weighted by Crippen LogP contribution is -2.53. The second-order valence-corrected chi connectivity index (χ2v) is 6.31. The van der Waals surface area contributed by atoms with Gasteiger partial charge < -0.3 is 4.74 Å². The number of hydrogen-bond acceptors (Lipinski definition) is 3. The lowest BCUT2D eigenvalue weighted by atomic mass is 9.71. The first-order valence-corrected chi connectivity index (χ1v) is 7.46. The van der Waals surface area contributed by atoms with Crippen LogP contribution < -0.4 is 4.74 Å². The summed E-state index contributed by atoms with van der Waals surface area (Å²) in [6, 6.07) is 4.48. The van der Waals surface area contributed by atoms with Gasteiger partial charge in [-0.3, -0.25) is 9.69 Å². The summed E-state index contributed by atoms with van der Waals surface area (Å²) in [6.07, 6.45) is 3.84. The fourth-order valence-corrected chi connectivity index (χ4v) is 3.42. The summed E-state index contributed by atoms with van der Waals surface area (Å²) < 4.78 is 18.8. The molecule has 1 aliphatic carbocycles. The Morgan fingerprint density at radius 2 is 2.14 bits per heavy atom. The van der Waals surface area contributed by atoms with Gasteiger partial charge in [-0.1, -0.05) is 19.8 Å². The molecule has 2 unspecified atom stereocenters. The Bertz CT molecular complexity index is 530. The third kappa shape index (κ3) is 2.95. The minimum atomic E-state index is -0.515. The maximum absolute atomic E-state index is 13.9. The topological polar surface area (TPSA) is 29.5 Å². The summed E-state index contributed by atoms with van der Waals surface area (Å²) in [5, 5.41) is 0. The number of likely N-dealkylation sites (N-methyl/N-ethyl adjacent to an activating group) is 1. The third-order valence-electron chi connectivity index (χ3n) is 4.67. The zero-order valence-corrected chi connectivity index (χ0v) is 13.3. The largest absolute Gasteiger partial charge is 0.494 e. The summed E-state index contributed by atoms with van der Waals surface area (Å²) >= 11 is 0. The van der Waals surface area contributed by atoms with Crippen LogP contribution in [0.2, 0.25) is 0 Å². The van der Waals surface area contributed by atoms with E-state index in [1.165, 1.54) is 19.2 Å². The van der Waals surface area contributed by atoms with E-state index < -0.39 is 11.4 Å². The number of methoxy groups -OCH3 is 1. The molecule has 0 N–H and O–H groups in total. The molecular formula is C17H24FNO2. The second kappa shape index (κ2) is 6.14. The Morgan fingerprint density at radius 3 is 2.67 bits per heavy atom. The van der Waals surface area contributed by atoms with Crippen LogP contribution in [0.3, 0.4) is 0 Å². The molecule has 21 heavy (non-hydrogen) atoms. The normalized spacial score (nSPS) is 25.9. The molecule has 3 nitrogen and oxygen atoms in total. The van der Waals surface area contributed by atoms with Crippen LogP contribution in [0.1, 0.15) is 43.0 Å². The van der Waals surface area contributed by atoms with Gasteiger partial charge >= 0.3 is 0 Å². The third-order valence-corrected chi connectivity index (χ3v) is 4.67. The fraction of sp³-hybridized carbons (Fsp3) is 0.588. The van der Waals surface area contributed by atoms with Crippen molar-refractivity contribution in [3.05, 3.63) is 29.6 Å². The average molecular weight is 293 g/mol. The Morgan fingerprint density at radius 1 is 1.43 bits per heavy atom. The van der Waals surface area contributed by atoms with Crippen molar-refractivity contribution in [1.82, 2.24) is 4.90 Å². The highest BCUT2D eigenvalue weighted by Gasteiger charge is 2.43. The molecule has 116 valence electrons. The zero-order chi connectivity index (χ0) is 15.6. The number of ketones is 1. The van der Waals surface area contributed by atoms with Gasteiger partial charge in [0.25, 0.3) is 0 Å². The van der Waals surface area contributed by atoms with Crippen LogP contribution in [0.4, 0.5) is 4.39 Å². The molecule has 1 fully saturated rings. The molecule has 0 radical (unpaired) electrons. The van der Waals surface area contributed by atoms with Crippen molar-refractivity contribution in [3.8, 4) is 5.75 Å². The molecule has 4 heteroatoms. The number of carbonyl (C=O) groups excluding carboxylic acids is 1. The lowest BCUT2D eigenvalue weighted by molar-refractivity contribution is 0.0486. The molecular weight excluding hydrogens is 269 g/mol. The van der Waals surface area contributed by atoms with Crippen LogP contribution in [0, 0.1) is 11.7 Å². The Balaban J connectivity index is 2.37. The molecule has 0 aliphatic heterocycles. The standard InChI is InChI=1S/C17H24FNO2/c1-12-6-5-9-17(11-12,19(2)3)16(20)13-7-8-15(21-4)14(18)10-13/h7-8,10,12H,5-6,9,11H2,1-4H3. The number of hydrogen-bond donors (Lipinski definition) is 0. The van der Waals surface area contributed by atoms with Gasteiger partial charge in [-0.05, 0) is 51.1 Å². The van der Waals surface area contributed by atoms with Crippen molar-refractivity contribution < 1.29 is 13.9 Å². The second-order valence-electron chi connectivity index (χ2n) is 6.31. The van der Waals surface area contributed by atoms with E-state index >= 15 is 0 Å². The molecule has 0 saturated heterocycles. The quantitative estimate of drug-likeness (QED) is 0.795. The van der Waals surface area contributed by atoms with Crippen LogP contribution in [-0.2, 0) is 0 Å². The highest BCUT2D eigenvalue weighted by molar-refractivity contribution is 6.03. The fourth-order valence-electron chi connectivity index (χ4n) is 3.42. The van der Waals surface area contributed by atoms with E-state index in [2.05, 4.69) is 6.92 Å². The van der Waals surface area contributed by atoms with Crippen molar-refractivity contribution in [3.63, 3.8) is 0 Å². The molecule has 0 aromatic heterocycles. The molecule has 1 saturated carbocycles. The number of ether oxygens (including phenoxy) is 1. The van der Waals surface area contributed by atoms with Crippen molar-refractivity contribution in [2.75, 3.05) is 21.2 Å². The van der Waals surface area contributed by atoms with Gasteiger partial charge in [0.1, 0.15) is 0 Å². The van der Waals surface area contributed by atoms with E-state index in [0.717, 1.165) is 25.7 Å². The van der Waals surface area contributed by atoms with Gasteiger partial charge in [-0.2, -0.15) is 0 Å². The highest BCUT2D eigenvalue weighted by atomic mass is 19.1. The van der Waals surface area contributed by atoms with Gasteiger partial charge in [-0.25, -0.2) is 4.39 Å². The van der Waals surface area contributed by atoms with E-state index in [9.17, 15) is 9.18 Å². The highest BCUT2D eigenvalue weighted by Crippen LogP contribution is 2.38. The molecule has 1 aliphatic rings. The monoisotopic (exact) mass is 293 g/mol. The number of carbonyl (C=O) groups is 1. The minimum absolute atomic E-state index is 0.0144. The zero-order valence-electron chi connectivity index (χ0n) is 13.3. The molecule has 0 heterocycles. The van der Waals surface area contributed by atoms with Gasteiger partial charge in [0.15, 0.2) is 17.3 Å². The van der Waals surface area contributed by atoms with Crippen LogP contribution in [-0.4, -0.2) is 37.4 Å². The Hall–Kier alpha value is -1.42. The van der Waals surface area contributed by atoms with Crippen molar-refractivity contribution in [2.24, 2.45) is 5.92 Å². The van der Waals surface area contributed by atoms with E-state index in [0.29, 0.717) is 11.5 Å². The number of rotatable bonds is 4. The van der Waals surface area contributed by atoms with Crippen LogP contribution in [0.5, 0.6) is 5.75 Å². The first kappa shape index (κ1) is 16.0. The van der Waals surface area contributed by atoms with Crippen LogP contribution >= 0.6 is 0 Å². The van der Waals surface area contributed by atoms with Crippen molar-refractivity contribution in [2.45, 2.75) is 38.1 Å². The number of nitrogens with zero attached hydrogens (tertiary/aromatic N) is 1. The van der Waals surface area contributed by atoms with Gasteiger partial charge in [0.05, 0.1) is 12.6 Å². The molecule has 2 rings (SSSR count). The smallest absolute Gasteiger partial charge is 0.183 e. The first-order chi connectivity index (χ1) is 9.90. The van der Waals surface area contributed by atoms with Crippen molar-refractivity contribution in [1.29, 1.82) is 0 Å². The van der Waals surface area contributed by atoms with E-state index in [4.69, 9.17) is 4.74 Å². The van der Waals surface area contributed by atoms with E-state index in [1.807, 2.05) is 19.0 Å². The maximum Gasteiger partial charge on any atom is 0.183 e. The summed E-state index contributed by atoms with van der Waals surface area (Å²) in [5.74, 6) is 0.206. The lowest BCUT2D eigenvalue weighted by Gasteiger charge is -2.43. The molecule has 2 atom stereocenters. The van der Waals surface area contributed by atoms with Gasteiger partial charge in [0.2, 0.25) is 0 Å². The average Bonchev–Trinajstić information content (AvgIpc) is 2.46. The van der Waals surface area contributed by atoms with E-state index in [1.54, 1.807) is 6.07 Å². The Labute approximate surface area is 126 Å². The van der Waals surface area contributed by atoms with E-state index in [-0.39, 0.29) is 11.5 Å². The summed E-state index contributed by atoms with van der Waals surface area (Å²) in [7, 11) is 5.30. The number of benzene rings is 1. The predicted octanol–water partition coefficient (Wildman–Crippen LogP) is 3.53. The van der Waals surface area contributed by atoms with Crippen LogP contribution in [0.25, 0.3) is 0 Å². The first-order valence-electron chi connectivity index (χ1n) is 7.46. The van der Waals surface area contributed by atoms with Gasteiger partial charge in [0, 0.05) is 5.56 Å². The summed E-state index contributed by atoms with van der Waals surface area (Å²) in [4.78, 5) is 15.0. The Kier molecular flexibility index (Phi) is 4.67. The molecule has 1 aromatic rings. The summed E-state index contributed by atoms with van der Waals surface area (Å²) in [5.41, 5.74) is -0.0882. The molecule has 1 aromatic carbocycles. The van der Waals surface area contributed by atoms with Crippen LogP contribution in [0.15, 0.2) is 18.2 Å². The number of Topliss-reactive ketones (excluding diaryl/α,β-unsaturated/α-hetero) is 1. The SMILES string of the molecule is COc1ccc(C(=O)C2(N(C)C)CCCC(C)C2)cc1F. The maximum atomic E-state index is 13.9. The molecule has 0 bridgehead atoms.